The number of nitrogens with one attached hydrogen (secondary N) is 1. The van der Waals surface area contributed by atoms with Gasteiger partial charge in [0.25, 0.3) is 0 Å². The number of hydrogen-bond donors (Lipinski definition) is 1. The third kappa shape index (κ3) is 4.77. The quantitative estimate of drug-likeness (QED) is 0.598. The number of hydroxylamine groups is 1. The van der Waals surface area contributed by atoms with Crippen LogP contribution in [-0.4, -0.2) is 12.1 Å². The molecule has 0 radical (unpaired) electrons. The van der Waals surface area contributed by atoms with E-state index < -0.39 is 0 Å². The minimum Gasteiger partial charge on any atom is -0.299 e. The van der Waals surface area contributed by atoms with Crippen molar-refractivity contribution in [3.8, 4) is 0 Å². The first-order chi connectivity index (χ1) is 4.70. The molecular weight excluding hydrogens is 126 g/mol. The minimum absolute atomic E-state index is 0.328. The van der Waals surface area contributed by atoms with Crippen LogP contribution in [0.5, 0.6) is 0 Å². The molecule has 1 N–H and O–H groups in total. The molecule has 62 valence electrons. The highest BCUT2D eigenvalue weighted by molar-refractivity contribution is 4.49. The highest BCUT2D eigenvalue weighted by Gasteiger charge is 2.00. The van der Waals surface area contributed by atoms with E-state index in [2.05, 4.69) is 33.2 Å². The van der Waals surface area contributed by atoms with Gasteiger partial charge >= 0.3 is 0 Å². The van der Waals surface area contributed by atoms with E-state index in [0.717, 1.165) is 12.8 Å². The Bertz CT molecular complexity index is 65.7. The van der Waals surface area contributed by atoms with Gasteiger partial charge in [0, 0.05) is 6.04 Å². The average Bonchev–Trinajstić information content (AvgIpc) is 1.99. The van der Waals surface area contributed by atoms with Crippen LogP contribution in [0.25, 0.3) is 0 Å². The Hall–Kier alpha value is -0.0800. The van der Waals surface area contributed by atoms with Crippen molar-refractivity contribution in [3.63, 3.8) is 0 Å². The van der Waals surface area contributed by atoms with Gasteiger partial charge in [0.05, 0.1) is 6.10 Å². The fraction of sp³-hybridized carbons (Fsp3) is 1.00. The highest BCUT2D eigenvalue weighted by atomic mass is 16.7. The van der Waals surface area contributed by atoms with E-state index in [-0.39, 0.29) is 0 Å². The van der Waals surface area contributed by atoms with Crippen LogP contribution >= 0.6 is 0 Å². The molecular formula is C8H19NO. The maximum absolute atomic E-state index is 5.29. The van der Waals surface area contributed by atoms with Crippen molar-refractivity contribution in [2.75, 3.05) is 0 Å². The fourth-order valence-electron chi connectivity index (χ4n) is 0.399. The van der Waals surface area contributed by atoms with Crippen molar-refractivity contribution < 1.29 is 4.84 Å². The molecule has 0 aromatic rings. The number of rotatable bonds is 5. The third-order valence-corrected chi connectivity index (χ3v) is 1.66. The Labute approximate surface area is 63.9 Å². The van der Waals surface area contributed by atoms with Crippen molar-refractivity contribution in [1.29, 1.82) is 0 Å². The third-order valence-electron chi connectivity index (χ3n) is 1.66. The van der Waals surface area contributed by atoms with Gasteiger partial charge < -0.3 is 0 Å². The summed E-state index contributed by atoms with van der Waals surface area (Å²) >= 11 is 0. The Balaban J connectivity index is 3.17. The molecule has 0 spiro atoms. The lowest BCUT2D eigenvalue weighted by molar-refractivity contribution is -0.0336. The van der Waals surface area contributed by atoms with E-state index in [9.17, 15) is 0 Å². The zero-order valence-corrected chi connectivity index (χ0v) is 7.48. The van der Waals surface area contributed by atoms with Crippen LogP contribution in [0.3, 0.4) is 0 Å². The molecule has 0 saturated carbocycles. The molecule has 0 aliphatic heterocycles. The molecule has 2 unspecified atom stereocenters. The van der Waals surface area contributed by atoms with E-state index in [1.54, 1.807) is 0 Å². The maximum atomic E-state index is 5.29. The van der Waals surface area contributed by atoms with Gasteiger partial charge in [0.1, 0.15) is 0 Å². The molecule has 0 fully saturated rings. The van der Waals surface area contributed by atoms with Crippen molar-refractivity contribution in [1.82, 2.24) is 5.48 Å². The van der Waals surface area contributed by atoms with Crippen LogP contribution in [0.4, 0.5) is 0 Å². The second-order valence-corrected chi connectivity index (χ2v) is 2.76. The molecule has 0 bridgehead atoms. The lowest BCUT2D eigenvalue weighted by Crippen LogP contribution is -2.29. The van der Waals surface area contributed by atoms with Gasteiger partial charge in [-0.1, -0.05) is 13.8 Å². The first kappa shape index (κ1) is 9.92. The van der Waals surface area contributed by atoms with Crippen LogP contribution in [0.1, 0.15) is 40.5 Å². The SMILES string of the molecule is CCC(C)NOC(C)CC. The lowest BCUT2D eigenvalue weighted by atomic mass is 10.3. The molecule has 0 aromatic heterocycles. The molecule has 2 atom stereocenters. The summed E-state index contributed by atoms with van der Waals surface area (Å²) in [5.41, 5.74) is 2.98. The standard InChI is InChI=1S/C8H19NO/c1-5-7(3)9-10-8(4)6-2/h7-9H,5-6H2,1-4H3. The van der Waals surface area contributed by atoms with Crippen LogP contribution < -0.4 is 5.48 Å². The maximum Gasteiger partial charge on any atom is 0.0759 e. The Morgan fingerprint density at radius 3 is 2.20 bits per heavy atom. The molecule has 0 aliphatic rings. The summed E-state index contributed by atoms with van der Waals surface area (Å²) in [6.45, 7) is 8.43. The second-order valence-electron chi connectivity index (χ2n) is 2.76. The summed E-state index contributed by atoms with van der Waals surface area (Å²) in [5, 5.41) is 0. The van der Waals surface area contributed by atoms with Crippen molar-refractivity contribution in [2.45, 2.75) is 52.7 Å². The summed E-state index contributed by atoms with van der Waals surface area (Å²) in [6, 6.07) is 0.467. The largest absolute Gasteiger partial charge is 0.299 e. The van der Waals surface area contributed by atoms with Gasteiger partial charge in [-0.2, -0.15) is 5.48 Å². The molecule has 0 rings (SSSR count). The van der Waals surface area contributed by atoms with E-state index in [4.69, 9.17) is 4.84 Å². The van der Waals surface area contributed by atoms with Gasteiger partial charge in [-0.15, -0.1) is 0 Å². The molecule has 2 nitrogen and oxygen atoms in total. The van der Waals surface area contributed by atoms with Crippen molar-refractivity contribution in [2.24, 2.45) is 0 Å². The van der Waals surface area contributed by atoms with Gasteiger partial charge in [-0.25, -0.2) is 0 Å². The predicted octanol–water partition coefficient (Wildman–Crippen LogP) is 2.10. The van der Waals surface area contributed by atoms with Crippen LogP contribution in [0, 0.1) is 0 Å². The van der Waals surface area contributed by atoms with Crippen LogP contribution in [0.15, 0.2) is 0 Å². The summed E-state index contributed by atoms with van der Waals surface area (Å²) in [5.74, 6) is 0. The van der Waals surface area contributed by atoms with Gasteiger partial charge in [0.2, 0.25) is 0 Å². The molecule has 0 aliphatic carbocycles. The first-order valence-corrected chi connectivity index (χ1v) is 4.11. The zero-order valence-electron chi connectivity index (χ0n) is 7.48. The fourth-order valence-corrected chi connectivity index (χ4v) is 0.399. The monoisotopic (exact) mass is 145 g/mol. The summed E-state index contributed by atoms with van der Waals surface area (Å²) in [6.07, 6.45) is 2.49. The highest BCUT2D eigenvalue weighted by Crippen LogP contribution is 1.95. The Morgan fingerprint density at radius 2 is 1.80 bits per heavy atom. The predicted molar refractivity (Wildman–Crippen MR) is 43.7 cm³/mol. The number of hydrogen-bond acceptors (Lipinski definition) is 2. The summed E-state index contributed by atoms with van der Waals surface area (Å²) < 4.78 is 0. The molecule has 0 aromatic carbocycles. The molecule has 0 amide bonds. The summed E-state index contributed by atoms with van der Waals surface area (Å²) in [7, 11) is 0. The first-order valence-electron chi connectivity index (χ1n) is 4.11. The van der Waals surface area contributed by atoms with Crippen molar-refractivity contribution in [3.05, 3.63) is 0 Å². The van der Waals surface area contributed by atoms with Gasteiger partial charge in [-0.3, -0.25) is 4.84 Å². The lowest BCUT2D eigenvalue weighted by Gasteiger charge is -2.15. The average molecular weight is 145 g/mol. The zero-order chi connectivity index (χ0) is 7.98. The smallest absolute Gasteiger partial charge is 0.0759 e. The molecule has 2 heteroatoms. The van der Waals surface area contributed by atoms with E-state index >= 15 is 0 Å². The summed E-state index contributed by atoms with van der Waals surface area (Å²) in [4.78, 5) is 5.29. The Kier molecular flexibility index (Phi) is 5.64. The Morgan fingerprint density at radius 1 is 1.20 bits per heavy atom. The van der Waals surface area contributed by atoms with Gasteiger partial charge in [0.15, 0.2) is 0 Å². The van der Waals surface area contributed by atoms with E-state index in [1.807, 2.05) is 0 Å². The minimum atomic E-state index is 0.328. The second kappa shape index (κ2) is 5.69. The van der Waals surface area contributed by atoms with E-state index in [1.165, 1.54) is 0 Å². The van der Waals surface area contributed by atoms with Gasteiger partial charge in [-0.05, 0) is 26.7 Å². The van der Waals surface area contributed by atoms with Crippen molar-refractivity contribution >= 4 is 0 Å². The van der Waals surface area contributed by atoms with Crippen LogP contribution in [-0.2, 0) is 4.84 Å². The molecule has 0 heterocycles. The van der Waals surface area contributed by atoms with E-state index in [0.29, 0.717) is 12.1 Å². The normalized spacial score (nSPS) is 16.8. The topological polar surface area (TPSA) is 21.3 Å². The molecule has 0 saturated heterocycles. The van der Waals surface area contributed by atoms with Crippen LogP contribution in [0.2, 0.25) is 0 Å². The molecule has 10 heavy (non-hydrogen) atoms.